The maximum Gasteiger partial charge on any atom is 0.409 e. The fourth-order valence-corrected chi connectivity index (χ4v) is 3.63. The normalized spacial score (nSPS) is 18.9. The zero-order valence-corrected chi connectivity index (χ0v) is 15.2. The van der Waals surface area contributed by atoms with Gasteiger partial charge >= 0.3 is 6.18 Å². The molecule has 3 rings (SSSR count). The first kappa shape index (κ1) is 18.7. The molecule has 1 aliphatic rings. The van der Waals surface area contributed by atoms with Crippen LogP contribution in [0.3, 0.4) is 0 Å². The number of aryl methyl sites for hydroxylation is 1. The van der Waals surface area contributed by atoms with Crippen molar-refractivity contribution in [1.29, 1.82) is 0 Å². The van der Waals surface area contributed by atoms with Crippen molar-refractivity contribution < 1.29 is 18.0 Å². The molecule has 1 N–H and O–H groups in total. The van der Waals surface area contributed by atoms with Gasteiger partial charge in [0, 0.05) is 12.0 Å². The Labute approximate surface area is 151 Å². The van der Waals surface area contributed by atoms with Crippen LogP contribution in [0.2, 0.25) is 0 Å². The average Bonchev–Trinajstić information content (AvgIpc) is 2.78. The van der Waals surface area contributed by atoms with Gasteiger partial charge in [-0.3, -0.25) is 10.2 Å². The van der Waals surface area contributed by atoms with Gasteiger partial charge in [0.15, 0.2) is 6.04 Å². The summed E-state index contributed by atoms with van der Waals surface area (Å²) in [5, 5.41) is 2.73. The van der Waals surface area contributed by atoms with Gasteiger partial charge in [-0.2, -0.15) is 18.2 Å². The highest BCUT2D eigenvalue weighted by atomic mass is 19.4. The molecular formula is C20H23F3N2O. The number of hydrazine groups is 1. The Kier molecular flexibility index (Phi) is 4.73. The first-order valence-corrected chi connectivity index (χ1v) is 8.80. The molecule has 3 nitrogen and oxygen atoms in total. The van der Waals surface area contributed by atoms with E-state index in [1.165, 1.54) is 6.07 Å². The first-order valence-electron chi connectivity index (χ1n) is 8.80. The molecule has 0 radical (unpaired) electrons. The van der Waals surface area contributed by atoms with E-state index in [0.29, 0.717) is 0 Å². The van der Waals surface area contributed by atoms with Crippen molar-refractivity contribution in [3.63, 3.8) is 0 Å². The summed E-state index contributed by atoms with van der Waals surface area (Å²) in [5.41, 5.74) is 2.72. The number of hydrogen-bond acceptors (Lipinski definition) is 2. The van der Waals surface area contributed by atoms with Crippen LogP contribution in [0.1, 0.15) is 50.8 Å². The number of hydrogen-bond donors (Lipinski definition) is 1. The number of nitrogens with zero attached hydrogens (tertiary/aromatic N) is 1. The number of carbonyl (C=O) groups excluding carboxylic acids is 1. The van der Waals surface area contributed by atoms with Crippen LogP contribution in [0.15, 0.2) is 36.4 Å². The molecule has 1 fully saturated rings. The summed E-state index contributed by atoms with van der Waals surface area (Å²) >= 11 is 0. The van der Waals surface area contributed by atoms with Crippen molar-refractivity contribution in [1.82, 2.24) is 10.4 Å². The van der Waals surface area contributed by atoms with E-state index in [9.17, 15) is 18.0 Å². The molecule has 1 saturated heterocycles. The molecule has 2 aromatic carbocycles. The lowest BCUT2D eigenvalue weighted by molar-refractivity contribution is -0.203. The van der Waals surface area contributed by atoms with Crippen LogP contribution in [0.4, 0.5) is 13.2 Å². The minimum absolute atomic E-state index is 0.0355. The third kappa shape index (κ3) is 3.56. The summed E-state index contributed by atoms with van der Waals surface area (Å²) < 4.78 is 41.8. The largest absolute Gasteiger partial charge is 0.409 e. The molecule has 1 aliphatic heterocycles. The van der Waals surface area contributed by atoms with E-state index >= 15 is 0 Å². The van der Waals surface area contributed by atoms with E-state index in [1.807, 2.05) is 18.2 Å². The molecule has 26 heavy (non-hydrogen) atoms. The fraction of sp³-hybridized carbons (Fsp3) is 0.450. The lowest BCUT2D eigenvalue weighted by Gasteiger charge is -2.38. The molecule has 140 valence electrons. The summed E-state index contributed by atoms with van der Waals surface area (Å²) in [6, 6.07) is 8.81. The molecule has 0 saturated carbocycles. The zero-order valence-electron chi connectivity index (χ0n) is 15.2. The summed E-state index contributed by atoms with van der Waals surface area (Å²) in [4.78, 5) is 11.7. The Balaban J connectivity index is 2.08. The Morgan fingerprint density at radius 3 is 2.42 bits per heavy atom. The fourth-order valence-electron chi connectivity index (χ4n) is 3.63. The minimum Gasteiger partial charge on any atom is -0.287 e. The molecule has 1 atom stereocenters. The van der Waals surface area contributed by atoms with Crippen LogP contribution in [0.5, 0.6) is 0 Å². The minimum atomic E-state index is -4.51. The van der Waals surface area contributed by atoms with Crippen LogP contribution in [0.25, 0.3) is 10.8 Å². The van der Waals surface area contributed by atoms with Gasteiger partial charge in [-0.1, -0.05) is 43.7 Å². The second-order valence-electron chi connectivity index (χ2n) is 7.53. The summed E-state index contributed by atoms with van der Waals surface area (Å²) in [5.74, 6) is -0.393. The van der Waals surface area contributed by atoms with E-state index in [2.05, 4.69) is 12.3 Å². The molecule has 0 spiro atoms. The first-order chi connectivity index (χ1) is 12.1. The van der Waals surface area contributed by atoms with Gasteiger partial charge in [0.05, 0.1) is 0 Å². The number of carbonyl (C=O) groups is 1. The lowest BCUT2D eigenvalue weighted by atomic mass is 9.95. The molecule has 0 aliphatic carbocycles. The number of rotatable bonds is 4. The van der Waals surface area contributed by atoms with Crippen molar-refractivity contribution in [2.24, 2.45) is 0 Å². The topological polar surface area (TPSA) is 32.3 Å². The molecule has 6 heteroatoms. The highest BCUT2D eigenvalue weighted by Crippen LogP contribution is 2.43. The van der Waals surface area contributed by atoms with Gasteiger partial charge in [0.2, 0.25) is 5.91 Å². The monoisotopic (exact) mass is 364 g/mol. The van der Waals surface area contributed by atoms with Gasteiger partial charge in [0.1, 0.15) is 0 Å². The maximum atomic E-state index is 13.9. The van der Waals surface area contributed by atoms with E-state index in [1.54, 1.807) is 26.0 Å². The average molecular weight is 364 g/mol. The van der Waals surface area contributed by atoms with Crippen LogP contribution in [0, 0.1) is 0 Å². The van der Waals surface area contributed by atoms with Gasteiger partial charge in [-0.15, -0.1) is 0 Å². The number of amides is 1. The Morgan fingerprint density at radius 1 is 1.15 bits per heavy atom. The van der Waals surface area contributed by atoms with Gasteiger partial charge in [-0.05, 0) is 48.2 Å². The van der Waals surface area contributed by atoms with E-state index in [0.717, 1.165) is 34.2 Å². The van der Waals surface area contributed by atoms with Crippen molar-refractivity contribution in [3.8, 4) is 0 Å². The number of nitrogens with one attached hydrogen (secondary N) is 1. The second-order valence-corrected chi connectivity index (χ2v) is 7.53. The molecule has 0 unspecified atom stereocenters. The Morgan fingerprint density at radius 2 is 1.85 bits per heavy atom. The van der Waals surface area contributed by atoms with Crippen molar-refractivity contribution in [3.05, 3.63) is 47.5 Å². The highest BCUT2D eigenvalue weighted by molar-refractivity contribution is 5.84. The Bertz CT molecular complexity index is 829. The number of alkyl halides is 3. The molecule has 1 amide bonds. The summed E-state index contributed by atoms with van der Waals surface area (Å²) in [7, 11) is 0. The lowest BCUT2D eigenvalue weighted by Crippen LogP contribution is -2.51. The highest BCUT2D eigenvalue weighted by Gasteiger charge is 2.52. The predicted octanol–water partition coefficient (Wildman–Crippen LogP) is 4.91. The molecule has 0 bridgehead atoms. The van der Waals surface area contributed by atoms with Gasteiger partial charge < -0.3 is 0 Å². The molecule has 0 aromatic heterocycles. The van der Waals surface area contributed by atoms with Gasteiger partial charge in [0.25, 0.3) is 0 Å². The van der Waals surface area contributed by atoms with Gasteiger partial charge in [-0.25, -0.2) is 0 Å². The number of fused-ring (bicyclic) bond motifs is 1. The van der Waals surface area contributed by atoms with E-state index in [-0.39, 0.29) is 12.0 Å². The van der Waals surface area contributed by atoms with Crippen molar-refractivity contribution >= 4 is 16.7 Å². The molecular weight excluding hydrogens is 341 g/mol. The summed E-state index contributed by atoms with van der Waals surface area (Å²) in [6.45, 7) is 5.35. The van der Waals surface area contributed by atoms with Crippen LogP contribution >= 0.6 is 0 Å². The predicted molar refractivity (Wildman–Crippen MR) is 95.4 cm³/mol. The number of benzene rings is 2. The van der Waals surface area contributed by atoms with E-state index < -0.39 is 23.7 Å². The van der Waals surface area contributed by atoms with Crippen LogP contribution < -0.4 is 5.43 Å². The van der Waals surface area contributed by atoms with Crippen LogP contribution in [-0.4, -0.2) is 22.6 Å². The Hall–Kier alpha value is -2.08. The third-order valence-corrected chi connectivity index (χ3v) is 4.84. The molecule has 1 heterocycles. The third-order valence-electron chi connectivity index (χ3n) is 4.84. The maximum absolute atomic E-state index is 13.9. The van der Waals surface area contributed by atoms with Crippen molar-refractivity contribution in [2.75, 3.05) is 0 Å². The van der Waals surface area contributed by atoms with E-state index in [4.69, 9.17) is 0 Å². The standard InChI is InChI=1S/C20H23F3N2O/c1-4-5-13-6-7-14-8-9-15(11-16(14)10-13)18(20(21,22)23)25-19(2,3)12-17(26)24-25/h6-11,18H,4-5,12H2,1-3H3,(H,24,26)/t18-/m0/s1. The molecule has 2 aromatic rings. The van der Waals surface area contributed by atoms with Crippen molar-refractivity contribution in [2.45, 2.75) is 57.8 Å². The van der Waals surface area contributed by atoms with Crippen LogP contribution in [-0.2, 0) is 11.2 Å². The number of halogens is 3. The smallest absolute Gasteiger partial charge is 0.287 e. The quantitative estimate of drug-likeness (QED) is 0.836. The zero-order chi connectivity index (χ0) is 19.1. The SMILES string of the molecule is CCCc1ccc2ccc([C@H](N3NC(=O)CC3(C)C)C(F)(F)F)cc2c1. The second kappa shape index (κ2) is 6.58. The summed E-state index contributed by atoms with van der Waals surface area (Å²) in [6.07, 6.45) is -2.61.